The number of fused-ring (bicyclic) bond motifs is 1. The summed E-state index contributed by atoms with van der Waals surface area (Å²) >= 11 is 5.71. The molecule has 0 aliphatic rings. The predicted octanol–water partition coefficient (Wildman–Crippen LogP) is 4.17. The Balaban J connectivity index is 2.55. The molecule has 2 rings (SSSR count). The van der Waals surface area contributed by atoms with Crippen molar-refractivity contribution in [3.05, 3.63) is 29.1 Å². The molecule has 2 aromatic rings. The Morgan fingerprint density at radius 3 is 2.80 bits per heavy atom. The molecule has 2 nitrogen and oxygen atoms in total. The van der Waals surface area contributed by atoms with E-state index in [1.54, 1.807) is 0 Å². The second-order valence-corrected chi connectivity index (χ2v) is 4.71. The van der Waals surface area contributed by atoms with E-state index in [0.29, 0.717) is 0 Å². The van der Waals surface area contributed by atoms with Crippen molar-refractivity contribution in [1.82, 2.24) is 4.98 Å². The number of nitrogens with zero attached hydrogens (tertiary/aromatic N) is 1. The minimum atomic E-state index is 0.166. The Labute approximate surface area is 94.3 Å². The van der Waals surface area contributed by atoms with Gasteiger partial charge in [0, 0.05) is 0 Å². The molecule has 0 fully saturated rings. The molecule has 0 saturated carbocycles. The van der Waals surface area contributed by atoms with Gasteiger partial charge in [0.2, 0.25) is 0 Å². The molecular formula is C12H14ClNO. The molecule has 15 heavy (non-hydrogen) atoms. The van der Waals surface area contributed by atoms with Crippen LogP contribution in [0.2, 0.25) is 5.35 Å². The Hall–Kier alpha value is -1.02. The van der Waals surface area contributed by atoms with E-state index in [0.717, 1.165) is 17.5 Å². The highest BCUT2D eigenvalue weighted by atomic mass is 35.5. The highest BCUT2D eigenvalue weighted by Crippen LogP contribution is 2.29. The number of oxazole rings is 1. The molecule has 0 unspecified atom stereocenters. The summed E-state index contributed by atoms with van der Waals surface area (Å²) in [7, 11) is 0. The second kappa shape index (κ2) is 3.53. The molecule has 0 bridgehead atoms. The highest BCUT2D eigenvalue weighted by Gasteiger charge is 2.19. The minimum Gasteiger partial charge on any atom is -0.428 e. The molecule has 0 saturated heterocycles. The van der Waals surface area contributed by atoms with Crippen LogP contribution < -0.4 is 0 Å². The first-order chi connectivity index (χ1) is 7.03. The highest BCUT2D eigenvalue weighted by molar-refractivity contribution is 6.28. The molecule has 0 amide bonds. The molecule has 0 aliphatic carbocycles. The quantitative estimate of drug-likeness (QED) is 0.764. The maximum atomic E-state index is 5.71. The summed E-state index contributed by atoms with van der Waals surface area (Å²) in [6.45, 7) is 6.62. The van der Waals surface area contributed by atoms with Crippen LogP contribution in [-0.2, 0) is 5.41 Å². The molecule has 0 spiro atoms. The number of halogens is 1. The van der Waals surface area contributed by atoms with Gasteiger partial charge in [-0.1, -0.05) is 26.8 Å². The van der Waals surface area contributed by atoms with Crippen molar-refractivity contribution < 1.29 is 4.42 Å². The average Bonchev–Trinajstić information content (AvgIpc) is 2.56. The van der Waals surface area contributed by atoms with Crippen molar-refractivity contribution in [2.75, 3.05) is 0 Å². The number of hydrogen-bond acceptors (Lipinski definition) is 2. The molecule has 0 N–H and O–H groups in total. The molecular weight excluding hydrogens is 210 g/mol. The fraction of sp³-hybridized carbons (Fsp3) is 0.417. The Kier molecular flexibility index (Phi) is 2.47. The lowest BCUT2D eigenvalue weighted by molar-refractivity contribution is 0.506. The predicted molar refractivity (Wildman–Crippen MR) is 62.3 cm³/mol. The lowest BCUT2D eigenvalue weighted by atomic mass is 9.82. The van der Waals surface area contributed by atoms with Crippen LogP contribution >= 0.6 is 11.6 Å². The third-order valence-electron chi connectivity index (χ3n) is 3.03. The van der Waals surface area contributed by atoms with E-state index >= 15 is 0 Å². The normalized spacial score (nSPS) is 12.3. The molecule has 0 aliphatic heterocycles. The van der Waals surface area contributed by atoms with Gasteiger partial charge in [-0.15, -0.1) is 0 Å². The van der Waals surface area contributed by atoms with Gasteiger partial charge in [-0.25, -0.2) is 0 Å². The molecule has 1 aromatic heterocycles. The lowest BCUT2D eigenvalue weighted by Gasteiger charge is -2.22. The van der Waals surface area contributed by atoms with E-state index in [1.807, 2.05) is 12.1 Å². The van der Waals surface area contributed by atoms with Crippen LogP contribution in [0.15, 0.2) is 22.6 Å². The SMILES string of the molecule is CCC(C)(C)c1ccc2oc(Cl)nc2c1. The van der Waals surface area contributed by atoms with Crippen molar-refractivity contribution in [3.8, 4) is 0 Å². The van der Waals surface area contributed by atoms with Gasteiger partial charge in [0.05, 0.1) is 0 Å². The van der Waals surface area contributed by atoms with Gasteiger partial charge in [0.1, 0.15) is 5.52 Å². The first-order valence-electron chi connectivity index (χ1n) is 5.09. The van der Waals surface area contributed by atoms with E-state index in [-0.39, 0.29) is 10.8 Å². The summed E-state index contributed by atoms with van der Waals surface area (Å²) in [5.41, 5.74) is 3.01. The van der Waals surface area contributed by atoms with Gasteiger partial charge in [-0.2, -0.15) is 4.98 Å². The van der Waals surface area contributed by atoms with Crippen LogP contribution in [0.25, 0.3) is 11.1 Å². The van der Waals surface area contributed by atoms with Crippen LogP contribution in [0.5, 0.6) is 0 Å². The third kappa shape index (κ3) is 1.86. The van der Waals surface area contributed by atoms with Gasteiger partial charge < -0.3 is 4.42 Å². The molecule has 80 valence electrons. The van der Waals surface area contributed by atoms with Crippen molar-refractivity contribution in [2.24, 2.45) is 0 Å². The van der Waals surface area contributed by atoms with Gasteiger partial charge in [0.15, 0.2) is 5.58 Å². The first-order valence-corrected chi connectivity index (χ1v) is 5.47. The fourth-order valence-electron chi connectivity index (χ4n) is 1.52. The minimum absolute atomic E-state index is 0.166. The van der Waals surface area contributed by atoms with E-state index in [9.17, 15) is 0 Å². The Morgan fingerprint density at radius 2 is 2.13 bits per heavy atom. The van der Waals surface area contributed by atoms with Crippen LogP contribution in [0.3, 0.4) is 0 Å². The zero-order chi connectivity index (χ0) is 11.1. The number of aromatic nitrogens is 1. The second-order valence-electron chi connectivity index (χ2n) is 4.39. The molecule has 3 heteroatoms. The van der Waals surface area contributed by atoms with E-state index in [2.05, 4.69) is 31.8 Å². The fourth-order valence-corrected chi connectivity index (χ4v) is 1.70. The third-order valence-corrected chi connectivity index (χ3v) is 3.19. The van der Waals surface area contributed by atoms with Gasteiger partial charge in [0.25, 0.3) is 5.35 Å². The maximum absolute atomic E-state index is 5.71. The average molecular weight is 224 g/mol. The van der Waals surface area contributed by atoms with E-state index in [4.69, 9.17) is 16.0 Å². The zero-order valence-electron chi connectivity index (χ0n) is 9.17. The number of hydrogen-bond donors (Lipinski definition) is 0. The monoisotopic (exact) mass is 223 g/mol. The van der Waals surface area contributed by atoms with Crippen molar-refractivity contribution >= 4 is 22.7 Å². The van der Waals surface area contributed by atoms with Crippen LogP contribution in [0.1, 0.15) is 32.8 Å². The maximum Gasteiger partial charge on any atom is 0.293 e. The molecule has 0 radical (unpaired) electrons. The summed E-state index contributed by atoms with van der Waals surface area (Å²) in [5, 5.41) is 0.205. The van der Waals surface area contributed by atoms with Crippen LogP contribution in [-0.4, -0.2) is 4.98 Å². The van der Waals surface area contributed by atoms with Crippen molar-refractivity contribution in [3.63, 3.8) is 0 Å². The Bertz CT molecular complexity index is 487. The molecule has 0 atom stereocenters. The summed E-state index contributed by atoms with van der Waals surface area (Å²) in [4.78, 5) is 4.12. The van der Waals surface area contributed by atoms with Crippen LogP contribution in [0.4, 0.5) is 0 Å². The summed E-state index contributed by atoms with van der Waals surface area (Å²) in [5.74, 6) is 0. The van der Waals surface area contributed by atoms with Crippen molar-refractivity contribution in [2.45, 2.75) is 32.6 Å². The lowest BCUT2D eigenvalue weighted by Crippen LogP contribution is -2.14. The van der Waals surface area contributed by atoms with Gasteiger partial charge in [-0.05, 0) is 41.1 Å². The molecule has 1 aromatic carbocycles. The molecule has 1 heterocycles. The number of benzene rings is 1. The smallest absolute Gasteiger partial charge is 0.293 e. The van der Waals surface area contributed by atoms with Crippen molar-refractivity contribution in [1.29, 1.82) is 0 Å². The largest absolute Gasteiger partial charge is 0.428 e. The van der Waals surface area contributed by atoms with E-state index < -0.39 is 0 Å². The summed E-state index contributed by atoms with van der Waals surface area (Å²) < 4.78 is 5.22. The topological polar surface area (TPSA) is 26.0 Å². The summed E-state index contributed by atoms with van der Waals surface area (Å²) in [6, 6.07) is 6.06. The van der Waals surface area contributed by atoms with Gasteiger partial charge >= 0.3 is 0 Å². The standard InChI is InChI=1S/C12H14ClNO/c1-4-12(2,3)8-5-6-10-9(7-8)14-11(13)15-10/h5-7H,4H2,1-3H3. The first kappa shape index (κ1) is 10.5. The zero-order valence-corrected chi connectivity index (χ0v) is 9.93. The van der Waals surface area contributed by atoms with Crippen LogP contribution in [0, 0.1) is 0 Å². The number of rotatable bonds is 2. The summed E-state index contributed by atoms with van der Waals surface area (Å²) in [6.07, 6.45) is 1.09. The Morgan fingerprint density at radius 1 is 1.40 bits per heavy atom. The van der Waals surface area contributed by atoms with E-state index in [1.165, 1.54) is 5.56 Å². The van der Waals surface area contributed by atoms with Gasteiger partial charge in [-0.3, -0.25) is 0 Å².